The van der Waals surface area contributed by atoms with E-state index in [2.05, 4.69) is 10.3 Å². The molecule has 0 radical (unpaired) electrons. The van der Waals surface area contributed by atoms with Gasteiger partial charge in [-0.1, -0.05) is 18.2 Å². The van der Waals surface area contributed by atoms with Gasteiger partial charge in [-0.3, -0.25) is 9.78 Å². The number of anilines is 1. The molecule has 0 saturated heterocycles. The molecule has 0 spiro atoms. The van der Waals surface area contributed by atoms with E-state index in [4.69, 9.17) is 4.74 Å². The lowest BCUT2D eigenvalue weighted by Crippen LogP contribution is -2.35. The molecule has 1 aromatic heterocycles. The number of nitrogens with one attached hydrogen (secondary N) is 1. The van der Waals surface area contributed by atoms with Crippen molar-refractivity contribution in [2.45, 2.75) is 25.9 Å². The highest BCUT2D eigenvalue weighted by molar-refractivity contribution is 5.94. The Balaban J connectivity index is 1.70. The first-order chi connectivity index (χ1) is 9.72. The van der Waals surface area contributed by atoms with Crippen molar-refractivity contribution in [2.24, 2.45) is 0 Å². The molecule has 2 heterocycles. The van der Waals surface area contributed by atoms with E-state index in [1.807, 2.05) is 37.3 Å². The fourth-order valence-electron chi connectivity index (χ4n) is 2.35. The lowest BCUT2D eigenvalue weighted by molar-refractivity contribution is -0.123. The van der Waals surface area contributed by atoms with E-state index < -0.39 is 6.10 Å². The van der Waals surface area contributed by atoms with Gasteiger partial charge in [0.2, 0.25) is 0 Å². The predicted molar refractivity (Wildman–Crippen MR) is 76.8 cm³/mol. The average Bonchev–Trinajstić information content (AvgIpc) is 2.47. The number of benzene rings is 1. The Bertz CT molecular complexity index is 640. The number of amides is 1. The largest absolute Gasteiger partial charge is 0.480 e. The van der Waals surface area contributed by atoms with Gasteiger partial charge in [0.1, 0.15) is 5.75 Å². The van der Waals surface area contributed by atoms with Gasteiger partial charge in [0.25, 0.3) is 5.91 Å². The van der Waals surface area contributed by atoms with Gasteiger partial charge in [-0.05, 0) is 43.0 Å². The minimum atomic E-state index is -0.439. The number of fused-ring (bicyclic) bond motifs is 1. The van der Waals surface area contributed by atoms with Crippen LogP contribution in [0.3, 0.4) is 0 Å². The third-order valence-electron chi connectivity index (χ3n) is 3.35. The molecule has 0 saturated carbocycles. The summed E-state index contributed by atoms with van der Waals surface area (Å²) < 4.78 is 5.76. The van der Waals surface area contributed by atoms with Crippen molar-refractivity contribution in [2.75, 3.05) is 5.32 Å². The summed E-state index contributed by atoms with van der Waals surface area (Å²) in [5.41, 5.74) is 2.88. The molecule has 1 aromatic carbocycles. The van der Waals surface area contributed by atoms with Crippen LogP contribution in [-0.4, -0.2) is 17.0 Å². The number of hydrogen-bond donors (Lipinski definition) is 1. The summed E-state index contributed by atoms with van der Waals surface area (Å²) in [6, 6.07) is 9.74. The smallest absolute Gasteiger partial charge is 0.265 e. The van der Waals surface area contributed by atoms with Gasteiger partial charge in [-0.25, -0.2) is 0 Å². The van der Waals surface area contributed by atoms with Crippen molar-refractivity contribution < 1.29 is 9.53 Å². The zero-order valence-electron chi connectivity index (χ0n) is 11.3. The van der Waals surface area contributed by atoms with E-state index in [-0.39, 0.29) is 5.91 Å². The summed E-state index contributed by atoms with van der Waals surface area (Å²) in [5.74, 6) is 0.688. The third kappa shape index (κ3) is 2.64. The number of pyridine rings is 1. The van der Waals surface area contributed by atoms with Crippen LogP contribution in [0.15, 0.2) is 42.7 Å². The van der Waals surface area contributed by atoms with Crippen molar-refractivity contribution in [3.8, 4) is 5.75 Å². The Morgan fingerprint density at radius 1 is 1.35 bits per heavy atom. The molecule has 102 valence electrons. The SMILES string of the molecule is Cc1cncc(NC(=O)C2CCc3ccccc3O2)c1. The van der Waals surface area contributed by atoms with Gasteiger partial charge in [0.05, 0.1) is 11.9 Å². The molecule has 2 aromatic rings. The molecular weight excluding hydrogens is 252 g/mol. The number of carbonyl (C=O) groups is 1. The number of rotatable bonds is 2. The normalized spacial score (nSPS) is 16.9. The molecule has 1 N–H and O–H groups in total. The van der Waals surface area contributed by atoms with Gasteiger partial charge < -0.3 is 10.1 Å². The molecule has 1 aliphatic heterocycles. The molecule has 1 aliphatic rings. The summed E-state index contributed by atoms with van der Waals surface area (Å²) >= 11 is 0. The maximum absolute atomic E-state index is 12.2. The highest BCUT2D eigenvalue weighted by Gasteiger charge is 2.25. The zero-order chi connectivity index (χ0) is 13.9. The number of nitrogens with zero attached hydrogens (tertiary/aromatic N) is 1. The fourth-order valence-corrected chi connectivity index (χ4v) is 2.35. The average molecular weight is 268 g/mol. The second-order valence-corrected chi connectivity index (χ2v) is 4.99. The van der Waals surface area contributed by atoms with Crippen molar-refractivity contribution in [1.29, 1.82) is 0 Å². The van der Waals surface area contributed by atoms with Crippen LogP contribution in [0.1, 0.15) is 17.5 Å². The number of carbonyl (C=O) groups excluding carboxylic acids is 1. The summed E-state index contributed by atoms with van der Waals surface area (Å²) in [6.07, 6.45) is 4.51. The zero-order valence-corrected chi connectivity index (χ0v) is 11.3. The summed E-state index contributed by atoms with van der Waals surface area (Å²) in [5, 5.41) is 2.86. The molecule has 0 fully saturated rings. The van der Waals surface area contributed by atoms with E-state index >= 15 is 0 Å². The minimum absolute atomic E-state index is 0.119. The Labute approximate surface area is 117 Å². The van der Waals surface area contributed by atoms with E-state index in [0.29, 0.717) is 12.1 Å². The van der Waals surface area contributed by atoms with E-state index in [0.717, 1.165) is 23.3 Å². The van der Waals surface area contributed by atoms with Crippen molar-refractivity contribution in [3.63, 3.8) is 0 Å². The topological polar surface area (TPSA) is 51.2 Å². The quantitative estimate of drug-likeness (QED) is 0.911. The van der Waals surface area contributed by atoms with Crippen LogP contribution < -0.4 is 10.1 Å². The molecular formula is C16H16N2O2. The van der Waals surface area contributed by atoms with Crippen LogP contribution in [0.2, 0.25) is 0 Å². The lowest BCUT2D eigenvalue weighted by Gasteiger charge is -2.25. The Kier molecular flexibility index (Phi) is 3.37. The van der Waals surface area contributed by atoms with Gasteiger partial charge in [-0.2, -0.15) is 0 Å². The molecule has 1 atom stereocenters. The fraction of sp³-hybridized carbons (Fsp3) is 0.250. The number of aromatic nitrogens is 1. The highest BCUT2D eigenvalue weighted by Crippen LogP contribution is 2.27. The third-order valence-corrected chi connectivity index (χ3v) is 3.35. The first-order valence-corrected chi connectivity index (χ1v) is 6.69. The molecule has 1 amide bonds. The van der Waals surface area contributed by atoms with Crippen LogP contribution in [-0.2, 0) is 11.2 Å². The number of hydrogen-bond acceptors (Lipinski definition) is 3. The Morgan fingerprint density at radius 3 is 3.05 bits per heavy atom. The minimum Gasteiger partial charge on any atom is -0.480 e. The second kappa shape index (κ2) is 5.33. The molecule has 1 unspecified atom stereocenters. The summed E-state index contributed by atoms with van der Waals surface area (Å²) in [7, 11) is 0. The summed E-state index contributed by atoms with van der Waals surface area (Å²) in [6.45, 7) is 1.94. The maximum Gasteiger partial charge on any atom is 0.265 e. The number of para-hydroxylation sites is 1. The van der Waals surface area contributed by atoms with E-state index in [1.165, 1.54) is 0 Å². The van der Waals surface area contributed by atoms with Crippen LogP contribution in [0.5, 0.6) is 5.75 Å². The van der Waals surface area contributed by atoms with Gasteiger partial charge in [0.15, 0.2) is 6.10 Å². The molecule has 4 nitrogen and oxygen atoms in total. The monoisotopic (exact) mass is 268 g/mol. The molecule has 3 rings (SSSR count). The van der Waals surface area contributed by atoms with Crippen LogP contribution >= 0.6 is 0 Å². The summed E-state index contributed by atoms with van der Waals surface area (Å²) in [4.78, 5) is 16.3. The van der Waals surface area contributed by atoms with E-state index in [1.54, 1.807) is 12.4 Å². The Hall–Kier alpha value is -2.36. The molecule has 0 bridgehead atoms. The van der Waals surface area contributed by atoms with Crippen molar-refractivity contribution in [3.05, 3.63) is 53.9 Å². The van der Waals surface area contributed by atoms with Crippen LogP contribution in [0.25, 0.3) is 0 Å². The maximum atomic E-state index is 12.2. The number of aryl methyl sites for hydroxylation is 2. The predicted octanol–water partition coefficient (Wildman–Crippen LogP) is 2.72. The van der Waals surface area contributed by atoms with E-state index in [9.17, 15) is 4.79 Å². The van der Waals surface area contributed by atoms with Gasteiger partial charge >= 0.3 is 0 Å². The highest BCUT2D eigenvalue weighted by atomic mass is 16.5. The van der Waals surface area contributed by atoms with Crippen LogP contribution in [0.4, 0.5) is 5.69 Å². The number of ether oxygens (including phenoxy) is 1. The van der Waals surface area contributed by atoms with Crippen molar-refractivity contribution >= 4 is 11.6 Å². The van der Waals surface area contributed by atoms with Crippen LogP contribution in [0, 0.1) is 6.92 Å². The van der Waals surface area contributed by atoms with Crippen molar-refractivity contribution in [1.82, 2.24) is 4.98 Å². The molecule has 0 aliphatic carbocycles. The first-order valence-electron chi connectivity index (χ1n) is 6.69. The first kappa shape index (κ1) is 12.7. The standard InChI is InChI=1S/C16H16N2O2/c1-11-8-13(10-17-9-11)18-16(19)15-7-6-12-4-2-3-5-14(12)20-15/h2-5,8-10,15H,6-7H2,1H3,(H,18,19). The second-order valence-electron chi connectivity index (χ2n) is 4.99. The van der Waals surface area contributed by atoms with Gasteiger partial charge in [0, 0.05) is 6.20 Å². The molecule has 4 heteroatoms. The molecule has 20 heavy (non-hydrogen) atoms. The lowest BCUT2D eigenvalue weighted by atomic mass is 10.0. The Morgan fingerprint density at radius 2 is 2.20 bits per heavy atom. The van der Waals surface area contributed by atoms with Gasteiger partial charge in [-0.15, -0.1) is 0 Å².